The second-order valence-corrected chi connectivity index (χ2v) is 8.32. The van der Waals surface area contributed by atoms with E-state index < -0.39 is 21.5 Å². The van der Waals surface area contributed by atoms with Gasteiger partial charge in [0, 0.05) is 24.6 Å². The Bertz CT molecular complexity index is 880. The first-order valence-corrected chi connectivity index (χ1v) is 9.96. The summed E-state index contributed by atoms with van der Waals surface area (Å²) in [5, 5.41) is 0. The van der Waals surface area contributed by atoms with Crippen LogP contribution in [-0.2, 0) is 14.6 Å². The van der Waals surface area contributed by atoms with Crippen molar-refractivity contribution < 1.29 is 22.4 Å². The quantitative estimate of drug-likeness (QED) is 0.851. The van der Waals surface area contributed by atoms with Crippen LogP contribution in [0.3, 0.4) is 0 Å². The molecule has 2 amide bonds. The van der Waals surface area contributed by atoms with Gasteiger partial charge in [-0.15, -0.1) is 0 Å². The van der Waals surface area contributed by atoms with Crippen molar-refractivity contribution in [3.05, 3.63) is 54.0 Å². The Labute approximate surface area is 151 Å². The number of primary amides is 1. The molecule has 0 aliphatic carbocycles. The van der Waals surface area contributed by atoms with Gasteiger partial charge in [-0.3, -0.25) is 9.59 Å². The normalized spacial score (nSPS) is 15.8. The Morgan fingerprint density at radius 1 is 1.12 bits per heavy atom. The highest BCUT2D eigenvalue weighted by atomic mass is 32.2. The zero-order chi connectivity index (χ0) is 18.7. The lowest BCUT2D eigenvalue weighted by Gasteiger charge is -2.31. The molecule has 2 N–H and O–H groups in total. The average molecular weight is 376 g/mol. The second-order valence-electron chi connectivity index (χ2n) is 6.33. The lowest BCUT2D eigenvalue weighted by atomic mass is 9.94. The molecule has 0 saturated carbocycles. The number of carbonyl (C=O) groups is 2. The van der Waals surface area contributed by atoms with E-state index in [4.69, 9.17) is 10.2 Å². The minimum absolute atomic E-state index is 0.0237. The van der Waals surface area contributed by atoms with E-state index in [0.29, 0.717) is 24.6 Å². The van der Waals surface area contributed by atoms with Gasteiger partial charge < -0.3 is 15.1 Å². The fourth-order valence-corrected chi connectivity index (χ4v) is 4.24. The number of rotatable bonds is 5. The Morgan fingerprint density at radius 2 is 1.77 bits per heavy atom. The van der Waals surface area contributed by atoms with Crippen molar-refractivity contribution in [2.75, 3.05) is 18.8 Å². The Hall–Kier alpha value is -2.61. The van der Waals surface area contributed by atoms with Crippen molar-refractivity contribution in [3.8, 4) is 0 Å². The van der Waals surface area contributed by atoms with E-state index in [1.807, 2.05) is 12.1 Å². The van der Waals surface area contributed by atoms with Gasteiger partial charge in [0.15, 0.2) is 9.84 Å². The van der Waals surface area contributed by atoms with Crippen LogP contribution >= 0.6 is 0 Å². The zero-order valence-corrected chi connectivity index (χ0v) is 14.9. The Balaban J connectivity index is 1.65. The monoisotopic (exact) mass is 376 g/mol. The maximum Gasteiger partial charge on any atom is 0.253 e. The van der Waals surface area contributed by atoms with Crippen LogP contribution in [0.15, 0.2) is 52.0 Å². The number of carbonyl (C=O) groups excluding carboxylic acids is 2. The summed E-state index contributed by atoms with van der Waals surface area (Å²) < 4.78 is 29.4. The largest absolute Gasteiger partial charge is 0.469 e. The number of amides is 2. The predicted molar refractivity (Wildman–Crippen MR) is 94.3 cm³/mol. The molecule has 0 spiro atoms. The molecule has 1 fully saturated rings. The number of sulfone groups is 1. The fourth-order valence-electron chi connectivity index (χ4n) is 3.15. The predicted octanol–water partition coefficient (Wildman–Crippen LogP) is 1.56. The number of furan rings is 1. The molecule has 2 heterocycles. The molecule has 0 radical (unpaired) electrons. The lowest BCUT2D eigenvalue weighted by Crippen LogP contribution is -2.37. The van der Waals surface area contributed by atoms with Crippen LogP contribution in [0, 0.1) is 0 Å². The van der Waals surface area contributed by atoms with Gasteiger partial charge in [0.1, 0.15) is 11.5 Å². The van der Waals surface area contributed by atoms with E-state index >= 15 is 0 Å². The third kappa shape index (κ3) is 3.96. The molecular formula is C18H20N2O5S. The molecule has 0 atom stereocenters. The van der Waals surface area contributed by atoms with E-state index in [0.717, 1.165) is 18.6 Å². The van der Waals surface area contributed by atoms with Crippen LogP contribution in [0.4, 0.5) is 0 Å². The third-order valence-corrected chi connectivity index (χ3v) is 6.18. The summed E-state index contributed by atoms with van der Waals surface area (Å²) in [7, 11) is -3.77. The van der Waals surface area contributed by atoms with Crippen LogP contribution in [-0.4, -0.2) is 44.0 Å². The third-order valence-electron chi connectivity index (χ3n) is 4.52. The molecule has 26 heavy (non-hydrogen) atoms. The van der Waals surface area contributed by atoms with Gasteiger partial charge in [-0.05, 0) is 49.2 Å². The summed E-state index contributed by atoms with van der Waals surface area (Å²) in [5.74, 6) is -0.538. The average Bonchev–Trinajstić information content (AvgIpc) is 3.15. The van der Waals surface area contributed by atoms with E-state index in [1.165, 1.54) is 24.3 Å². The van der Waals surface area contributed by atoms with Gasteiger partial charge in [0.25, 0.3) is 5.91 Å². The molecule has 1 aromatic carbocycles. The maximum atomic E-state index is 12.6. The summed E-state index contributed by atoms with van der Waals surface area (Å²) in [6.45, 7) is 1.23. The van der Waals surface area contributed by atoms with Crippen LogP contribution in [0.5, 0.6) is 0 Å². The van der Waals surface area contributed by atoms with Crippen molar-refractivity contribution >= 4 is 21.7 Å². The molecule has 1 aromatic heterocycles. The molecule has 8 heteroatoms. The van der Waals surface area contributed by atoms with Crippen LogP contribution in [0.25, 0.3) is 0 Å². The highest BCUT2D eigenvalue weighted by Crippen LogP contribution is 2.29. The molecule has 0 bridgehead atoms. The van der Waals surface area contributed by atoms with Gasteiger partial charge in [-0.1, -0.05) is 0 Å². The molecule has 0 unspecified atom stereocenters. The maximum absolute atomic E-state index is 12.6. The number of hydrogen-bond acceptors (Lipinski definition) is 5. The van der Waals surface area contributed by atoms with Gasteiger partial charge in [0.2, 0.25) is 5.91 Å². The Kier molecular flexibility index (Phi) is 5.13. The molecule has 1 aliphatic heterocycles. The SMILES string of the molecule is NC(=O)CS(=O)(=O)c1ccc(C(=O)N2CCC(c3ccco3)CC2)cc1. The number of benzene rings is 1. The first-order chi connectivity index (χ1) is 12.4. The van der Waals surface area contributed by atoms with Crippen LogP contribution in [0.1, 0.15) is 34.9 Å². The number of hydrogen-bond donors (Lipinski definition) is 1. The highest BCUT2D eigenvalue weighted by molar-refractivity contribution is 7.92. The number of nitrogens with zero attached hydrogens (tertiary/aromatic N) is 1. The number of nitrogens with two attached hydrogens (primary N) is 1. The van der Waals surface area contributed by atoms with E-state index in [1.54, 1.807) is 11.2 Å². The van der Waals surface area contributed by atoms with Crippen molar-refractivity contribution in [1.29, 1.82) is 0 Å². The zero-order valence-electron chi connectivity index (χ0n) is 14.1. The van der Waals surface area contributed by atoms with Gasteiger partial charge >= 0.3 is 0 Å². The minimum Gasteiger partial charge on any atom is -0.469 e. The number of likely N-dealkylation sites (tertiary alicyclic amines) is 1. The van der Waals surface area contributed by atoms with Crippen molar-refractivity contribution in [3.63, 3.8) is 0 Å². The molecule has 7 nitrogen and oxygen atoms in total. The first-order valence-electron chi connectivity index (χ1n) is 8.30. The minimum atomic E-state index is -3.77. The molecule has 1 aliphatic rings. The van der Waals surface area contributed by atoms with Crippen molar-refractivity contribution in [2.24, 2.45) is 5.73 Å². The molecule has 3 rings (SSSR count). The van der Waals surface area contributed by atoms with E-state index in [2.05, 4.69) is 0 Å². The standard InChI is InChI=1S/C18H20N2O5S/c19-17(21)12-26(23,24)15-5-3-14(4-6-15)18(22)20-9-7-13(8-10-20)16-2-1-11-25-16/h1-6,11,13H,7-10,12H2,(H2,19,21). The molecule has 1 saturated heterocycles. The van der Waals surface area contributed by atoms with Gasteiger partial charge in [-0.25, -0.2) is 8.42 Å². The summed E-state index contributed by atoms with van der Waals surface area (Å²) in [6, 6.07) is 9.42. The second kappa shape index (κ2) is 7.33. The smallest absolute Gasteiger partial charge is 0.253 e. The lowest BCUT2D eigenvalue weighted by molar-refractivity contribution is -0.115. The van der Waals surface area contributed by atoms with E-state index in [9.17, 15) is 18.0 Å². The summed E-state index contributed by atoms with van der Waals surface area (Å²) in [4.78, 5) is 25.2. The molecular weight excluding hydrogens is 356 g/mol. The molecule has 138 valence electrons. The summed E-state index contributed by atoms with van der Waals surface area (Å²) >= 11 is 0. The summed E-state index contributed by atoms with van der Waals surface area (Å²) in [5.41, 5.74) is 5.37. The van der Waals surface area contributed by atoms with Crippen LogP contribution in [0.2, 0.25) is 0 Å². The van der Waals surface area contributed by atoms with E-state index in [-0.39, 0.29) is 10.8 Å². The van der Waals surface area contributed by atoms with Gasteiger partial charge in [0.05, 0.1) is 11.2 Å². The van der Waals surface area contributed by atoms with Gasteiger partial charge in [-0.2, -0.15) is 0 Å². The fraction of sp³-hybridized carbons (Fsp3) is 0.333. The molecule has 2 aromatic rings. The van der Waals surface area contributed by atoms with Crippen molar-refractivity contribution in [2.45, 2.75) is 23.7 Å². The Morgan fingerprint density at radius 3 is 2.31 bits per heavy atom. The highest BCUT2D eigenvalue weighted by Gasteiger charge is 2.26. The topological polar surface area (TPSA) is 111 Å². The van der Waals surface area contributed by atoms with Crippen LogP contribution < -0.4 is 5.73 Å². The van der Waals surface area contributed by atoms with Crippen molar-refractivity contribution in [1.82, 2.24) is 4.90 Å². The number of piperidine rings is 1. The first kappa shape index (κ1) is 18.2. The summed E-state index contributed by atoms with van der Waals surface area (Å²) in [6.07, 6.45) is 3.30.